The Bertz CT molecular complexity index is 2840. The van der Waals surface area contributed by atoms with Crippen LogP contribution in [0, 0.1) is 17.8 Å². The van der Waals surface area contributed by atoms with Gasteiger partial charge in [-0.2, -0.15) is 0 Å². The molecule has 456 valence electrons. The highest BCUT2D eigenvalue weighted by atomic mass is 16.8. The van der Waals surface area contributed by atoms with E-state index >= 15 is 0 Å². The first kappa shape index (κ1) is 63.8. The number of ketones is 1. The third-order valence-corrected chi connectivity index (χ3v) is 15.2. The number of aliphatic hydroxyl groups is 3. The lowest BCUT2D eigenvalue weighted by Crippen LogP contribution is -2.58. The summed E-state index contributed by atoms with van der Waals surface area (Å²) < 4.78 is 61.5. The first-order valence-electron chi connectivity index (χ1n) is 28.6. The van der Waals surface area contributed by atoms with E-state index in [-0.39, 0.29) is 58.1 Å². The van der Waals surface area contributed by atoms with Crippen molar-refractivity contribution < 1.29 is 81.9 Å². The van der Waals surface area contributed by atoms with Crippen LogP contribution in [-0.4, -0.2) is 145 Å². The number of carbonyl (C=O) groups excluding carboxylic acids is 4. The molecule has 17 atom stereocenters. The zero-order valence-electron chi connectivity index (χ0n) is 47.6. The number of aliphatic hydroxyl groups excluding tert-OH is 3. The second kappa shape index (κ2) is 32.3. The largest absolute Gasteiger partial charge is 0.445 e. The molecule has 0 aromatic heterocycles. The van der Waals surface area contributed by atoms with E-state index in [1.807, 2.05) is 111 Å². The average molecular weight is 1180 g/mol. The molecule has 4 aromatic rings. The second-order valence-electron chi connectivity index (χ2n) is 21.4. The van der Waals surface area contributed by atoms with Crippen LogP contribution in [0.1, 0.15) is 62.3 Å². The molecular formula is C62H76N6O17. The molecule has 1 saturated heterocycles. The third kappa shape index (κ3) is 18.6. The summed E-state index contributed by atoms with van der Waals surface area (Å²) >= 11 is 0. The van der Waals surface area contributed by atoms with Crippen LogP contribution in [0.5, 0.6) is 0 Å². The highest BCUT2D eigenvalue weighted by Gasteiger charge is 2.53. The number of nitrogens with zero attached hydrogens (tertiary/aromatic N) is 3. The van der Waals surface area contributed by atoms with Crippen LogP contribution in [0.4, 0.5) is 14.4 Å². The summed E-state index contributed by atoms with van der Waals surface area (Å²) in [6.07, 6.45) is -9.68. The molecule has 23 nitrogen and oxygen atoms in total. The number of amides is 3. The number of rotatable bonds is 27. The lowest BCUT2D eigenvalue weighted by Gasteiger charge is -2.46. The predicted molar refractivity (Wildman–Crippen MR) is 305 cm³/mol. The number of hydrogen-bond donors (Lipinski definition) is 6. The van der Waals surface area contributed by atoms with Gasteiger partial charge >= 0.3 is 18.3 Å². The summed E-state index contributed by atoms with van der Waals surface area (Å²) in [5.74, 6) is -2.37. The van der Waals surface area contributed by atoms with Crippen LogP contribution in [-0.2, 0) is 78.6 Å². The van der Waals surface area contributed by atoms with E-state index in [0.29, 0.717) is 6.42 Å². The number of nitrogens with one attached hydrogen (secondary N) is 3. The van der Waals surface area contributed by atoms with Crippen molar-refractivity contribution >= 4 is 24.1 Å². The zero-order chi connectivity index (χ0) is 60.1. The van der Waals surface area contributed by atoms with Crippen molar-refractivity contribution in [1.29, 1.82) is 0 Å². The lowest BCUT2D eigenvalue weighted by atomic mass is 9.73. The predicted octanol–water partition coefficient (Wildman–Crippen LogP) is 7.22. The number of hydrogen-bond acceptors (Lipinski definition) is 18. The van der Waals surface area contributed by atoms with Gasteiger partial charge in [-0.05, 0) is 52.5 Å². The Labute approximate surface area is 493 Å². The fraction of sp³-hybridized carbons (Fsp3) is 0.484. The molecule has 0 unspecified atom stereocenters. The fourth-order valence-electron chi connectivity index (χ4n) is 10.5. The van der Waals surface area contributed by atoms with Gasteiger partial charge in [-0.1, -0.05) is 172 Å². The molecule has 1 aliphatic carbocycles. The van der Waals surface area contributed by atoms with Gasteiger partial charge in [0.25, 0.3) is 0 Å². The van der Waals surface area contributed by atoms with Gasteiger partial charge in [-0.3, -0.25) is 4.79 Å². The topological polar surface area (TPSA) is 306 Å². The minimum absolute atomic E-state index is 0.00586. The SMILES string of the molecule is CC[C@@H]1C=C[C@@H](NC(=O)OCc2ccccc2)[C@@H](O[C@H]2[C@H](O[C@@H]3O[C@H](CO)[C@@H](O[C@H]4O[C@@H](CNC(=O)OCc5ccccc5)C=C[C@H]4NC(=O)OCc4ccccc4)[C@H]3O)[C@@H](O)[C@H](CC(=O)[C@H](C)[C@@H](CN=[N+]=[N-])OCc3ccccc3)C[C@@H]2C)O1. The van der Waals surface area contributed by atoms with Crippen molar-refractivity contribution in [3.63, 3.8) is 0 Å². The minimum atomic E-state index is -1.72. The Hall–Kier alpha value is -7.25. The standard InChI is InChI=1S/C62H76N6O17/c1-4-45-25-27-47(66-61(74)78-36-42-21-13-7-14-22-42)57(80-45)83-54-38(2)29-44(30-49(70)39(3)50(32-65-68-63)76-34-40-17-9-5-10-18-40)52(71)56(54)85-59-53(72)55(51(33-69)82-59)84-58-48(67-62(75)79-37-43-23-15-8-16-24-43)28-26-46(81-58)31-64-60(73)77-35-41-19-11-6-12-20-41/h5-28,38-39,44-48,50-59,69,71-72H,4,29-37H2,1-3H3,(H,64,73)(H,66,74)(H,67,75)/t38-,39-,44-,45+,46+,47+,48+,50+,51+,52-,53+,54+,55+,56+,57+,58+,59-/m0/s1. The maximum atomic E-state index is 14.4. The van der Waals surface area contributed by atoms with E-state index in [4.69, 9.17) is 47.4 Å². The molecule has 3 amide bonds. The number of benzene rings is 4. The molecule has 3 heterocycles. The molecule has 1 saturated carbocycles. The molecule has 0 radical (unpaired) electrons. The number of alkyl carbamates (subject to hydrolysis) is 3. The normalized spacial score (nSPS) is 28.7. The minimum Gasteiger partial charge on any atom is -0.445 e. The molecule has 85 heavy (non-hydrogen) atoms. The van der Waals surface area contributed by atoms with E-state index in [0.717, 1.165) is 22.3 Å². The number of azide groups is 1. The Morgan fingerprint density at radius 2 is 1.12 bits per heavy atom. The van der Waals surface area contributed by atoms with Crippen LogP contribution in [0.15, 0.2) is 151 Å². The summed E-state index contributed by atoms with van der Waals surface area (Å²) in [4.78, 5) is 56.7. The molecule has 0 bridgehead atoms. The van der Waals surface area contributed by atoms with E-state index in [2.05, 4.69) is 26.0 Å². The van der Waals surface area contributed by atoms with Gasteiger partial charge in [0, 0.05) is 17.3 Å². The Morgan fingerprint density at radius 1 is 0.635 bits per heavy atom. The number of Topliss-reactive ketones (excluding diaryl/α,β-unsaturated/α-hetero) is 1. The zero-order valence-corrected chi connectivity index (χ0v) is 47.6. The fourth-order valence-corrected chi connectivity index (χ4v) is 10.5. The Morgan fingerprint density at radius 3 is 1.64 bits per heavy atom. The van der Waals surface area contributed by atoms with Gasteiger partial charge in [-0.25, -0.2) is 14.4 Å². The third-order valence-electron chi connectivity index (χ3n) is 15.2. The second-order valence-corrected chi connectivity index (χ2v) is 21.4. The van der Waals surface area contributed by atoms with Gasteiger partial charge in [-0.15, -0.1) is 0 Å². The lowest BCUT2D eigenvalue weighted by molar-refractivity contribution is -0.291. The maximum Gasteiger partial charge on any atom is 0.408 e. The van der Waals surface area contributed by atoms with Crippen molar-refractivity contribution in [1.82, 2.24) is 16.0 Å². The maximum absolute atomic E-state index is 14.4. The molecule has 2 fully saturated rings. The molecule has 3 aliphatic heterocycles. The molecule has 0 spiro atoms. The Balaban J connectivity index is 1.01. The summed E-state index contributed by atoms with van der Waals surface area (Å²) in [6, 6.07) is 34.7. The molecule has 23 heteroatoms. The van der Waals surface area contributed by atoms with Crippen molar-refractivity contribution in [3.05, 3.63) is 178 Å². The number of carbonyl (C=O) groups is 4. The molecule has 8 rings (SSSR count). The van der Waals surface area contributed by atoms with Crippen LogP contribution in [0.2, 0.25) is 0 Å². The van der Waals surface area contributed by atoms with Gasteiger partial charge in [0.15, 0.2) is 18.9 Å². The number of ether oxygens (including phenoxy) is 10. The molecular weight excluding hydrogens is 1100 g/mol. The van der Waals surface area contributed by atoms with Crippen LogP contribution >= 0.6 is 0 Å². The van der Waals surface area contributed by atoms with Crippen LogP contribution in [0.25, 0.3) is 10.4 Å². The molecule has 4 aliphatic rings. The van der Waals surface area contributed by atoms with Gasteiger partial charge in [0.05, 0.1) is 56.8 Å². The van der Waals surface area contributed by atoms with E-state index in [9.17, 15) is 40.0 Å². The quantitative estimate of drug-likeness (QED) is 0.0113. The van der Waals surface area contributed by atoms with Crippen molar-refractivity contribution in [2.75, 3.05) is 19.7 Å². The molecule has 4 aromatic carbocycles. The summed E-state index contributed by atoms with van der Waals surface area (Å²) in [5, 5.41) is 47.7. The monoisotopic (exact) mass is 1180 g/mol. The molecule has 6 N–H and O–H groups in total. The van der Waals surface area contributed by atoms with Gasteiger partial charge < -0.3 is 78.6 Å². The first-order chi connectivity index (χ1) is 41.3. The first-order valence-corrected chi connectivity index (χ1v) is 28.6. The van der Waals surface area contributed by atoms with Gasteiger partial charge in [0.2, 0.25) is 0 Å². The van der Waals surface area contributed by atoms with E-state index < -0.39 is 129 Å². The smallest absolute Gasteiger partial charge is 0.408 e. The van der Waals surface area contributed by atoms with Crippen molar-refractivity contribution in [2.45, 2.75) is 152 Å². The van der Waals surface area contributed by atoms with Crippen molar-refractivity contribution in [2.24, 2.45) is 22.9 Å². The highest BCUT2D eigenvalue weighted by Crippen LogP contribution is 2.40. The van der Waals surface area contributed by atoms with Gasteiger partial charge in [0.1, 0.15) is 62.1 Å². The van der Waals surface area contributed by atoms with E-state index in [1.165, 1.54) is 0 Å². The highest BCUT2D eigenvalue weighted by molar-refractivity contribution is 5.81. The van der Waals surface area contributed by atoms with Crippen LogP contribution in [0.3, 0.4) is 0 Å². The van der Waals surface area contributed by atoms with Crippen LogP contribution < -0.4 is 16.0 Å². The summed E-state index contributed by atoms with van der Waals surface area (Å²) in [7, 11) is 0. The van der Waals surface area contributed by atoms with Crippen molar-refractivity contribution in [3.8, 4) is 0 Å². The summed E-state index contributed by atoms with van der Waals surface area (Å²) in [6.45, 7) is 4.61. The Kier molecular flexibility index (Phi) is 24.2. The summed E-state index contributed by atoms with van der Waals surface area (Å²) in [5.41, 5.74) is 12.4. The van der Waals surface area contributed by atoms with E-state index in [1.54, 1.807) is 55.5 Å². The average Bonchev–Trinajstić information content (AvgIpc) is 3.69.